The van der Waals surface area contributed by atoms with Crippen LogP contribution in [0.1, 0.15) is 28.8 Å². The maximum atomic E-state index is 12.8. The highest BCUT2D eigenvalue weighted by Crippen LogP contribution is 2.35. The number of rotatable bonds is 6. The van der Waals surface area contributed by atoms with Crippen molar-refractivity contribution in [1.29, 1.82) is 0 Å². The standard InChI is InChI=1S/C20H19F3N4O5/c21-20(22,23)15-5-7-25(8-6-15)16-3-1-13(2-4-16)12-24-19(28)14-9-17(26(29)30)11-18(10-14)27(31)32/h1-4,9-11,15H,5-8,12H2,(H,24,28). The summed E-state index contributed by atoms with van der Waals surface area (Å²) in [6, 6.07) is 9.59. The first-order valence-corrected chi connectivity index (χ1v) is 9.67. The molecule has 0 aliphatic carbocycles. The van der Waals surface area contributed by atoms with Gasteiger partial charge in [-0.2, -0.15) is 13.2 Å². The summed E-state index contributed by atoms with van der Waals surface area (Å²) in [5.74, 6) is -1.99. The molecular formula is C20H19F3N4O5. The fourth-order valence-corrected chi connectivity index (χ4v) is 3.51. The van der Waals surface area contributed by atoms with Crippen molar-refractivity contribution in [3.05, 3.63) is 73.8 Å². The third kappa shape index (κ3) is 5.50. The van der Waals surface area contributed by atoms with Crippen molar-refractivity contribution in [2.75, 3.05) is 18.0 Å². The number of benzene rings is 2. The van der Waals surface area contributed by atoms with E-state index < -0.39 is 39.2 Å². The summed E-state index contributed by atoms with van der Waals surface area (Å²) in [5, 5.41) is 24.4. The molecule has 0 spiro atoms. The molecule has 9 nitrogen and oxygen atoms in total. The van der Waals surface area contributed by atoms with Gasteiger partial charge >= 0.3 is 6.18 Å². The smallest absolute Gasteiger partial charge is 0.372 e. The molecule has 1 aliphatic heterocycles. The number of carbonyl (C=O) groups is 1. The second-order valence-corrected chi connectivity index (χ2v) is 7.40. The molecule has 1 N–H and O–H groups in total. The lowest BCUT2D eigenvalue weighted by Gasteiger charge is -2.34. The molecular weight excluding hydrogens is 433 g/mol. The Hall–Kier alpha value is -3.70. The second kappa shape index (κ2) is 9.20. The Morgan fingerprint density at radius 3 is 2.00 bits per heavy atom. The number of nitro benzene ring substituents is 2. The molecule has 0 bridgehead atoms. The summed E-state index contributed by atoms with van der Waals surface area (Å²) >= 11 is 0. The summed E-state index contributed by atoms with van der Waals surface area (Å²) in [6.07, 6.45) is -4.10. The van der Waals surface area contributed by atoms with Crippen LogP contribution in [0, 0.1) is 26.1 Å². The molecule has 1 amide bonds. The highest BCUT2D eigenvalue weighted by molar-refractivity contribution is 5.95. The molecule has 0 atom stereocenters. The monoisotopic (exact) mass is 452 g/mol. The van der Waals surface area contributed by atoms with Gasteiger partial charge in [0.1, 0.15) is 0 Å². The molecule has 0 saturated carbocycles. The maximum Gasteiger partial charge on any atom is 0.391 e. The molecule has 0 aromatic heterocycles. The number of nitrogens with zero attached hydrogens (tertiary/aromatic N) is 3. The predicted molar refractivity (Wildman–Crippen MR) is 108 cm³/mol. The fraction of sp³-hybridized carbons (Fsp3) is 0.350. The van der Waals surface area contributed by atoms with Crippen LogP contribution in [-0.2, 0) is 6.54 Å². The molecule has 1 heterocycles. The van der Waals surface area contributed by atoms with Crippen LogP contribution in [0.3, 0.4) is 0 Å². The summed E-state index contributed by atoms with van der Waals surface area (Å²) in [7, 11) is 0. The van der Waals surface area contributed by atoms with E-state index in [-0.39, 0.29) is 24.9 Å². The molecule has 32 heavy (non-hydrogen) atoms. The topological polar surface area (TPSA) is 119 Å². The minimum absolute atomic E-state index is 0.0384. The van der Waals surface area contributed by atoms with Crippen LogP contribution in [0.5, 0.6) is 0 Å². The van der Waals surface area contributed by atoms with Crippen LogP contribution >= 0.6 is 0 Å². The highest BCUT2D eigenvalue weighted by Gasteiger charge is 2.41. The lowest BCUT2D eigenvalue weighted by Crippen LogP contribution is -2.39. The van der Waals surface area contributed by atoms with E-state index in [2.05, 4.69) is 5.32 Å². The molecule has 2 aromatic rings. The van der Waals surface area contributed by atoms with Gasteiger partial charge in [0.2, 0.25) is 0 Å². The molecule has 3 rings (SSSR count). The van der Waals surface area contributed by atoms with Gasteiger partial charge in [0.15, 0.2) is 0 Å². The minimum atomic E-state index is -4.17. The normalized spacial score (nSPS) is 14.8. The first-order valence-electron chi connectivity index (χ1n) is 9.67. The van der Waals surface area contributed by atoms with Gasteiger partial charge in [-0.25, -0.2) is 0 Å². The van der Waals surface area contributed by atoms with E-state index >= 15 is 0 Å². The molecule has 0 radical (unpaired) electrons. The van der Waals surface area contributed by atoms with Gasteiger partial charge in [0, 0.05) is 37.5 Å². The van der Waals surface area contributed by atoms with Crippen molar-refractivity contribution in [3.63, 3.8) is 0 Å². The Labute approximate surface area is 180 Å². The molecule has 2 aromatic carbocycles. The number of non-ortho nitro benzene ring substituents is 2. The van der Waals surface area contributed by atoms with Crippen LogP contribution in [-0.4, -0.2) is 35.0 Å². The first kappa shape index (κ1) is 23.0. The number of piperidine rings is 1. The Morgan fingerprint density at radius 2 is 1.53 bits per heavy atom. The van der Waals surface area contributed by atoms with E-state index in [4.69, 9.17) is 0 Å². The average Bonchev–Trinajstić information content (AvgIpc) is 2.77. The number of nitrogens with one attached hydrogen (secondary N) is 1. The van der Waals surface area contributed by atoms with Gasteiger partial charge in [0.05, 0.1) is 27.4 Å². The van der Waals surface area contributed by atoms with Crippen LogP contribution < -0.4 is 10.2 Å². The quantitative estimate of drug-likeness (QED) is 0.518. The molecule has 0 unspecified atom stereocenters. The number of hydrogen-bond acceptors (Lipinski definition) is 6. The molecule has 1 fully saturated rings. The van der Waals surface area contributed by atoms with Gasteiger partial charge in [-0.05, 0) is 30.5 Å². The Kier molecular flexibility index (Phi) is 6.61. The molecule has 1 aliphatic rings. The summed E-state index contributed by atoms with van der Waals surface area (Å²) in [5.41, 5.74) is 0.114. The van der Waals surface area contributed by atoms with E-state index in [0.717, 1.165) is 23.9 Å². The first-order chi connectivity index (χ1) is 15.0. The Morgan fingerprint density at radius 1 is 1.00 bits per heavy atom. The lowest BCUT2D eigenvalue weighted by atomic mass is 9.96. The number of anilines is 1. The van der Waals surface area contributed by atoms with Crippen LogP contribution in [0.4, 0.5) is 30.2 Å². The summed E-state index contributed by atoms with van der Waals surface area (Å²) in [4.78, 5) is 34.5. The van der Waals surface area contributed by atoms with Gasteiger partial charge in [-0.3, -0.25) is 25.0 Å². The third-order valence-corrected chi connectivity index (χ3v) is 5.30. The predicted octanol–water partition coefficient (Wildman–Crippen LogP) is 4.21. The van der Waals surface area contributed by atoms with E-state index in [1.54, 1.807) is 24.3 Å². The molecule has 12 heteroatoms. The number of nitro groups is 2. The van der Waals surface area contributed by atoms with Gasteiger partial charge in [-0.1, -0.05) is 12.1 Å². The van der Waals surface area contributed by atoms with Crippen molar-refractivity contribution >= 4 is 23.0 Å². The van der Waals surface area contributed by atoms with E-state index in [1.807, 2.05) is 4.90 Å². The largest absolute Gasteiger partial charge is 0.391 e. The van der Waals surface area contributed by atoms with E-state index in [1.165, 1.54) is 0 Å². The van der Waals surface area contributed by atoms with Crippen LogP contribution in [0.2, 0.25) is 0 Å². The number of hydrogen-bond donors (Lipinski definition) is 1. The third-order valence-electron chi connectivity index (χ3n) is 5.30. The zero-order valence-electron chi connectivity index (χ0n) is 16.7. The average molecular weight is 452 g/mol. The molecule has 1 saturated heterocycles. The number of halogens is 3. The van der Waals surface area contributed by atoms with Gasteiger partial charge in [0.25, 0.3) is 17.3 Å². The van der Waals surface area contributed by atoms with E-state index in [9.17, 15) is 38.2 Å². The van der Waals surface area contributed by atoms with Crippen LogP contribution in [0.15, 0.2) is 42.5 Å². The van der Waals surface area contributed by atoms with Crippen molar-refractivity contribution in [2.24, 2.45) is 5.92 Å². The zero-order chi connectivity index (χ0) is 23.5. The second-order valence-electron chi connectivity index (χ2n) is 7.40. The summed E-state index contributed by atoms with van der Waals surface area (Å²) in [6.45, 7) is 0.656. The minimum Gasteiger partial charge on any atom is -0.372 e. The van der Waals surface area contributed by atoms with Crippen molar-refractivity contribution in [1.82, 2.24) is 5.32 Å². The van der Waals surface area contributed by atoms with Crippen molar-refractivity contribution < 1.29 is 27.8 Å². The SMILES string of the molecule is O=C(NCc1ccc(N2CCC(C(F)(F)F)CC2)cc1)c1cc([N+](=O)[O-])cc([N+](=O)[O-])c1. The van der Waals surface area contributed by atoms with Gasteiger partial charge in [-0.15, -0.1) is 0 Å². The fourth-order valence-electron chi connectivity index (χ4n) is 3.51. The van der Waals surface area contributed by atoms with Crippen LogP contribution in [0.25, 0.3) is 0 Å². The highest BCUT2D eigenvalue weighted by atomic mass is 19.4. The van der Waals surface area contributed by atoms with Crippen molar-refractivity contribution in [3.8, 4) is 0 Å². The zero-order valence-corrected chi connectivity index (χ0v) is 16.7. The summed E-state index contributed by atoms with van der Waals surface area (Å²) < 4.78 is 38.4. The Bertz CT molecular complexity index is 987. The number of alkyl halides is 3. The molecule has 170 valence electrons. The van der Waals surface area contributed by atoms with Gasteiger partial charge < -0.3 is 10.2 Å². The Balaban J connectivity index is 1.61. The number of amides is 1. The maximum absolute atomic E-state index is 12.8. The number of carbonyl (C=O) groups excluding carboxylic acids is 1. The van der Waals surface area contributed by atoms with E-state index in [0.29, 0.717) is 18.7 Å². The lowest BCUT2D eigenvalue weighted by molar-refractivity contribution is -0.394. The van der Waals surface area contributed by atoms with Crippen molar-refractivity contribution in [2.45, 2.75) is 25.6 Å².